The van der Waals surface area contributed by atoms with Crippen LogP contribution in [-0.2, 0) is 10.0 Å². The number of ether oxygens (including phenoxy) is 1. The van der Waals surface area contributed by atoms with Gasteiger partial charge in [-0.05, 0) is 38.1 Å². The number of aromatic amines is 1. The minimum atomic E-state index is -3.78. The zero-order chi connectivity index (χ0) is 20.9. The molecule has 1 heterocycles. The lowest BCUT2D eigenvalue weighted by molar-refractivity contribution is 0.101. The number of amides is 1. The minimum Gasteiger partial charge on any atom is -0.492 e. The van der Waals surface area contributed by atoms with Gasteiger partial charge in [-0.2, -0.15) is 4.31 Å². The highest BCUT2D eigenvalue weighted by Gasteiger charge is 2.26. The number of anilines is 1. The van der Waals surface area contributed by atoms with Crippen molar-refractivity contribution in [2.24, 2.45) is 0 Å². The van der Waals surface area contributed by atoms with E-state index in [2.05, 4.69) is 10.3 Å². The van der Waals surface area contributed by atoms with Gasteiger partial charge in [0.2, 0.25) is 10.0 Å². The Morgan fingerprint density at radius 2 is 1.82 bits per heavy atom. The molecule has 0 atom stereocenters. The molecule has 28 heavy (non-hydrogen) atoms. The zero-order valence-corrected chi connectivity index (χ0v) is 17.2. The standard InChI is InChI=1S/C19H25N3O5S/c1-5-22(6-2)28(25,26)18-11-15(8-9-17(18)27-7-3)21-19(24)16-10-14(12-20-16)13(4)23/h8-12,20H,5-7H2,1-4H3,(H,21,24). The topological polar surface area (TPSA) is 109 Å². The van der Waals surface area contributed by atoms with Gasteiger partial charge in [0.1, 0.15) is 16.3 Å². The lowest BCUT2D eigenvalue weighted by Crippen LogP contribution is -2.31. The Hall–Kier alpha value is -2.65. The SMILES string of the molecule is CCOc1ccc(NC(=O)c2cc(C(C)=O)c[nH]2)cc1S(=O)(=O)N(CC)CC. The monoisotopic (exact) mass is 407 g/mol. The number of H-pyrrole nitrogens is 1. The summed E-state index contributed by atoms with van der Waals surface area (Å²) < 4.78 is 32.7. The molecular formula is C19H25N3O5S. The Morgan fingerprint density at radius 3 is 2.36 bits per heavy atom. The summed E-state index contributed by atoms with van der Waals surface area (Å²) in [5.74, 6) is -0.419. The fourth-order valence-corrected chi connectivity index (χ4v) is 4.31. The molecule has 1 amide bonds. The molecule has 0 bridgehead atoms. The Kier molecular flexibility index (Phi) is 6.98. The molecule has 2 N–H and O–H groups in total. The molecule has 2 aromatic rings. The van der Waals surface area contributed by atoms with Crippen molar-refractivity contribution in [1.82, 2.24) is 9.29 Å². The van der Waals surface area contributed by atoms with E-state index in [1.165, 1.54) is 35.6 Å². The summed E-state index contributed by atoms with van der Waals surface area (Å²) in [5.41, 5.74) is 0.895. The van der Waals surface area contributed by atoms with Gasteiger partial charge in [0.15, 0.2) is 5.78 Å². The number of nitrogens with zero attached hydrogens (tertiary/aromatic N) is 1. The lowest BCUT2D eigenvalue weighted by Gasteiger charge is -2.21. The maximum atomic E-state index is 13.0. The molecule has 0 aliphatic heterocycles. The number of sulfonamides is 1. The van der Waals surface area contributed by atoms with Crippen LogP contribution in [0.1, 0.15) is 48.5 Å². The molecule has 0 aliphatic rings. The summed E-state index contributed by atoms with van der Waals surface area (Å²) in [6, 6.07) is 5.91. The number of carbonyl (C=O) groups excluding carboxylic acids is 2. The van der Waals surface area contributed by atoms with Crippen molar-refractivity contribution in [3.05, 3.63) is 41.7 Å². The Balaban J connectivity index is 2.38. The van der Waals surface area contributed by atoms with Gasteiger partial charge < -0.3 is 15.0 Å². The number of ketones is 1. The van der Waals surface area contributed by atoms with Gasteiger partial charge in [-0.3, -0.25) is 9.59 Å². The number of hydrogen-bond donors (Lipinski definition) is 2. The number of aromatic nitrogens is 1. The fourth-order valence-electron chi connectivity index (χ4n) is 2.69. The molecule has 152 valence electrons. The molecule has 9 heteroatoms. The minimum absolute atomic E-state index is 0.00763. The van der Waals surface area contributed by atoms with Crippen LogP contribution < -0.4 is 10.1 Å². The van der Waals surface area contributed by atoms with Gasteiger partial charge in [0.05, 0.1) is 6.61 Å². The number of hydrogen-bond acceptors (Lipinski definition) is 5. The van der Waals surface area contributed by atoms with Crippen LogP contribution in [0.25, 0.3) is 0 Å². The van der Waals surface area contributed by atoms with Crippen molar-refractivity contribution in [2.75, 3.05) is 25.0 Å². The number of nitrogens with one attached hydrogen (secondary N) is 2. The molecule has 0 unspecified atom stereocenters. The maximum absolute atomic E-state index is 13.0. The van der Waals surface area contributed by atoms with Crippen molar-refractivity contribution >= 4 is 27.4 Å². The van der Waals surface area contributed by atoms with Crippen molar-refractivity contribution in [3.8, 4) is 5.75 Å². The molecule has 0 fully saturated rings. The smallest absolute Gasteiger partial charge is 0.272 e. The van der Waals surface area contributed by atoms with E-state index in [4.69, 9.17) is 4.74 Å². The first kappa shape index (κ1) is 21.6. The molecule has 1 aromatic heterocycles. The Labute approximate surface area is 164 Å². The van der Waals surface area contributed by atoms with Crippen LogP contribution in [0.5, 0.6) is 5.75 Å². The lowest BCUT2D eigenvalue weighted by atomic mass is 10.2. The van der Waals surface area contributed by atoms with Gasteiger partial charge in [0, 0.05) is 30.5 Å². The average Bonchev–Trinajstić information content (AvgIpc) is 3.14. The summed E-state index contributed by atoms with van der Waals surface area (Å²) in [6.07, 6.45) is 1.45. The van der Waals surface area contributed by atoms with Gasteiger partial charge in [-0.15, -0.1) is 0 Å². The molecular weight excluding hydrogens is 382 g/mol. The van der Waals surface area contributed by atoms with E-state index < -0.39 is 15.9 Å². The van der Waals surface area contributed by atoms with E-state index in [1.807, 2.05) is 0 Å². The highest BCUT2D eigenvalue weighted by molar-refractivity contribution is 7.89. The van der Waals surface area contributed by atoms with Crippen LogP contribution in [0.2, 0.25) is 0 Å². The van der Waals surface area contributed by atoms with E-state index >= 15 is 0 Å². The van der Waals surface area contributed by atoms with Gasteiger partial charge in [-0.25, -0.2) is 8.42 Å². The van der Waals surface area contributed by atoms with Crippen LogP contribution >= 0.6 is 0 Å². The first-order chi connectivity index (χ1) is 13.2. The van der Waals surface area contributed by atoms with E-state index in [0.29, 0.717) is 30.9 Å². The van der Waals surface area contributed by atoms with Crippen LogP contribution in [0.4, 0.5) is 5.69 Å². The van der Waals surface area contributed by atoms with Crippen molar-refractivity contribution in [1.29, 1.82) is 0 Å². The third kappa shape index (κ3) is 4.60. The summed E-state index contributed by atoms with van der Waals surface area (Å²) >= 11 is 0. The van der Waals surface area contributed by atoms with Crippen LogP contribution in [0, 0.1) is 0 Å². The molecule has 0 saturated heterocycles. The zero-order valence-electron chi connectivity index (χ0n) is 16.4. The maximum Gasteiger partial charge on any atom is 0.272 e. The van der Waals surface area contributed by atoms with E-state index in [1.54, 1.807) is 26.8 Å². The third-order valence-corrected chi connectivity index (χ3v) is 6.23. The van der Waals surface area contributed by atoms with E-state index in [0.717, 1.165) is 0 Å². The fraction of sp³-hybridized carbons (Fsp3) is 0.368. The molecule has 1 aromatic carbocycles. The van der Waals surface area contributed by atoms with Crippen molar-refractivity contribution in [3.63, 3.8) is 0 Å². The van der Waals surface area contributed by atoms with Crippen LogP contribution in [-0.4, -0.2) is 49.1 Å². The summed E-state index contributed by atoms with van der Waals surface area (Å²) in [5, 5.41) is 2.65. The van der Waals surface area contributed by atoms with Gasteiger partial charge in [0.25, 0.3) is 5.91 Å². The van der Waals surface area contributed by atoms with Gasteiger partial charge in [-0.1, -0.05) is 13.8 Å². The van der Waals surface area contributed by atoms with Crippen LogP contribution in [0.3, 0.4) is 0 Å². The summed E-state index contributed by atoms with van der Waals surface area (Å²) in [4.78, 5) is 26.5. The molecule has 0 aliphatic carbocycles. The van der Waals surface area contributed by atoms with Gasteiger partial charge >= 0.3 is 0 Å². The molecule has 8 nitrogen and oxygen atoms in total. The predicted octanol–water partition coefficient (Wildman–Crippen LogP) is 2.90. The highest BCUT2D eigenvalue weighted by atomic mass is 32.2. The first-order valence-electron chi connectivity index (χ1n) is 9.02. The Morgan fingerprint density at radius 1 is 1.14 bits per heavy atom. The Bertz CT molecular complexity index is 962. The first-order valence-corrected chi connectivity index (χ1v) is 10.5. The third-order valence-electron chi connectivity index (χ3n) is 4.16. The normalized spacial score (nSPS) is 11.5. The number of Topliss-reactive ketones (excluding diaryl/α,β-unsaturated/α-hetero) is 1. The number of benzene rings is 1. The van der Waals surface area contributed by atoms with Crippen molar-refractivity contribution < 1.29 is 22.7 Å². The molecule has 0 radical (unpaired) electrons. The second-order valence-electron chi connectivity index (χ2n) is 6.00. The quantitative estimate of drug-likeness (QED) is 0.621. The molecule has 0 saturated carbocycles. The summed E-state index contributed by atoms with van der Waals surface area (Å²) in [6.45, 7) is 7.62. The number of carbonyl (C=O) groups is 2. The molecule has 2 rings (SSSR count). The second-order valence-corrected chi connectivity index (χ2v) is 7.90. The van der Waals surface area contributed by atoms with E-state index in [-0.39, 0.29) is 22.1 Å². The van der Waals surface area contributed by atoms with Crippen LogP contribution in [0.15, 0.2) is 35.4 Å². The molecule has 0 spiro atoms. The predicted molar refractivity (Wildman–Crippen MR) is 106 cm³/mol. The summed E-state index contributed by atoms with van der Waals surface area (Å²) in [7, 11) is -3.78. The largest absolute Gasteiger partial charge is 0.492 e. The van der Waals surface area contributed by atoms with E-state index in [9.17, 15) is 18.0 Å². The second kappa shape index (κ2) is 9.03. The number of rotatable bonds is 9. The highest BCUT2D eigenvalue weighted by Crippen LogP contribution is 2.30. The van der Waals surface area contributed by atoms with Crippen molar-refractivity contribution in [2.45, 2.75) is 32.6 Å². The average molecular weight is 407 g/mol.